The fourth-order valence-electron chi connectivity index (χ4n) is 1.41. The molecule has 1 heterocycles. The number of carbonyl (C=O) groups excluding carboxylic acids is 1. The molecule has 0 aliphatic heterocycles. The first-order valence-electron chi connectivity index (χ1n) is 5.00. The van der Waals surface area contributed by atoms with E-state index in [0.29, 0.717) is 4.88 Å². The summed E-state index contributed by atoms with van der Waals surface area (Å²) in [6, 6.07) is 6.62. The summed E-state index contributed by atoms with van der Waals surface area (Å²) in [4.78, 5) is 12.5. The monoisotopic (exact) mass is 350 g/mol. The smallest absolute Gasteiger partial charge is 0.406 e. The predicted octanol–water partition coefficient (Wildman–Crippen LogP) is 4.64. The molecule has 0 unspecified atom stereocenters. The Morgan fingerprint density at radius 1 is 1.26 bits per heavy atom. The maximum absolute atomic E-state index is 12.1. The summed E-state index contributed by atoms with van der Waals surface area (Å²) in [5.41, 5.74) is 0.149. The molecule has 100 valence electrons. The number of rotatable bonds is 3. The topological polar surface area (TPSA) is 26.3 Å². The van der Waals surface area contributed by atoms with Crippen LogP contribution in [0.1, 0.15) is 15.2 Å². The normalized spacial score (nSPS) is 11.4. The highest BCUT2D eigenvalue weighted by Crippen LogP contribution is 2.26. The van der Waals surface area contributed by atoms with Crippen molar-refractivity contribution in [3.8, 4) is 5.75 Å². The summed E-state index contributed by atoms with van der Waals surface area (Å²) in [5, 5.41) is 1.73. The molecule has 0 radical (unpaired) electrons. The number of thiophene rings is 1. The Kier molecular flexibility index (Phi) is 3.96. The Balaban J connectivity index is 2.26. The Morgan fingerprint density at radius 2 is 2.00 bits per heavy atom. The van der Waals surface area contributed by atoms with Crippen LogP contribution in [0.25, 0.3) is 0 Å². The fraction of sp³-hybridized carbons (Fsp3) is 0.0833. The van der Waals surface area contributed by atoms with Crippen LogP contribution in [0.15, 0.2) is 40.2 Å². The zero-order chi connectivity index (χ0) is 14.0. The molecule has 7 heteroatoms. The summed E-state index contributed by atoms with van der Waals surface area (Å²) < 4.78 is 40.8. The summed E-state index contributed by atoms with van der Waals surface area (Å²) in [5.74, 6) is -0.753. The van der Waals surface area contributed by atoms with E-state index in [1.165, 1.54) is 23.5 Å². The average Bonchev–Trinajstić information content (AvgIpc) is 2.73. The van der Waals surface area contributed by atoms with Gasteiger partial charge in [0, 0.05) is 15.4 Å². The standard InChI is InChI=1S/C12H6BrF3O2S/c13-8-5-10(19-6-8)11(17)7-2-1-3-9(4-7)18-12(14,15)16/h1-6H. The number of carbonyl (C=O) groups is 1. The van der Waals surface area contributed by atoms with Gasteiger partial charge >= 0.3 is 6.36 Å². The first kappa shape index (κ1) is 14.1. The van der Waals surface area contributed by atoms with Gasteiger partial charge in [0.25, 0.3) is 0 Å². The van der Waals surface area contributed by atoms with Crippen LogP contribution >= 0.6 is 27.3 Å². The number of halogens is 4. The van der Waals surface area contributed by atoms with Gasteiger partial charge < -0.3 is 4.74 Å². The van der Waals surface area contributed by atoms with Crippen molar-refractivity contribution in [3.63, 3.8) is 0 Å². The highest BCUT2D eigenvalue weighted by molar-refractivity contribution is 9.10. The predicted molar refractivity (Wildman–Crippen MR) is 68.6 cm³/mol. The van der Waals surface area contributed by atoms with Gasteiger partial charge in [-0.2, -0.15) is 0 Å². The van der Waals surface area contributed by atoms with E-state index in [1.807, 2.05) is 0 Å². The molecule has 0 spiro atoms. The molecule has 0 atom stereocenters. The molecule has 0 aliphatic carbocycles. The van der Waals surface area contributed by atoms with Crippen molar-refractivity contribution in [1.82, 2.24) is 0 Å². The Labute approximate surface area is 118 Å². The van der Waals surface area contributed by atoms with Gasteiger partial charge in [0.15, 0.2) is 0 Å². The largest absolute Gasteiger partial charge is 0.573 e. The van der Waals surface area contributed by atoms with Crippen LogP contribution in [0.5, 0.6) is 5.75 Å². The number of ketones is 1. The second kappa shape index (κ2) is 5.34. The summed E-state index contributed by atoms with van der Waals surface area (Å²) in [6.45, 7) is 0. The van der Waals surface area contributed by atoms with Gasteiger partial charge in [-0.1, -0.05) is 12.1 Å². The second-order valence-corrected chi connectivity index (χ2v) is 5.36. The maximum atomic E-state index is 12.1. The minimum atomic E-state index is -4.77. The molecular weight excluding hydrogens is 345 g/mol. The summed E-state index contributed by atoms with van der Waals surface area (Å²) in [6.07, 6.45) is -4.77. The third-order valence-electron chi connectivity index (χ3n) is 2.12. The van der Waals surface area contributed by atoms with Gasteiger partial charge in [0.2, 0.25) is 5.78 Å². The Hall–Kier alpha value is -1.34. The average molecular weight is 351 g/mol. The molecule has 0 saturated heterocycles. The van der Waals surface area contributed by atoms with Crippen molar-refractivity contribution in [2.45, 2.75) is 6.36 Å². The third-order valence-corrected chi connectivity index (χ3v) is 3.81. The van der Waals surface area contributed by atoms with E-state index in [4.69, 9.17) is 0 Å². The van der Waals surface area contributed by atoms with Crippen LogP contribution in [0.4, 0.5) is 13.2 Å². The first-order chi connectivity index (χ1) is 8.85. The molecular formula is C12H6BrF3O2S. The Morgan fingerprint density at radius 3 is 2.58 bits per heavy atom. The highest BCUT2D eigenvalue weighted by Gasteiger charge is 2.31. The van der Waals surface area contributed by atoms with Crippen LogP contribution in [0.2, 0.25) is 0 Å². The lowest BCUT2D eigenvalue weighted by atomic mass is 10.1. The van der Waals surface area contributed by atoms with Crippen LogP contribution in [0, 0.1) is 0 Å². The van der Waals surface area contributed by atoms with Crippen LogP contribution < -0.4 is 4.74 Å². The van der Waals surface area contributed by atoms with E-state index >= 15 is 0 Å². The molecule has 1 aromatic heterocycles. The van der Waals surface area contributed by atoms with Crippen molar-refractivity contribution in [2.24, 2.45) is 0 Å². The van der Waals surface area contributed by atoms with Crippen LogP contribution in [0.3, 0.4) is 0 Å². The van der Waals surface area contributed by atoms with E-state index < -0.39 is 12.1 Å². The lowest BCUT2D eigenvalue weighted by molar-refractivity contribution is -0.274. The minimum absolute atomic E-state index is 0.149. The molecule has 2 aromatic rings. The molecule has 19 heavy (non-hydrogen) atoms. The number of ether oxygens (including phenoxy) is 1. The van der Waals surface area contributed by atoms with Crippen LogP contribution in [-0.2, 0) is 0 Å². The zero-order valence-electron chi connectivity index (χ0n) is 9.20. The molecule has 0 bridgehead atoms. The number of hydrogen-bond donors (Lipinski definition) is 0. The lowest BCUT2D eigenvalue weighted by Crippen LogP contribution is -2.17. The van der Waals surface area contributed by atoms with E-state index in [9.17, 15) is 18.0 Å². The molecule has 1 aromatic carbocycles. The number of alkyl halides is 3. The highest BCUT2D eigenvalue weighted by atomic mass is 79.9. The van der Waals surface area contributed by atoms with Gasteiger partial charge in [-0.15, -0.1) is 24.5 Å². The lowest BCUT2D eigenvalue weighted by Gasteiger charge is -2.09. The molecule has 2 nitrogen and oxygen atoms in total. The van der Waals surface area contributed by atoms with E-state index in [2.05, 4.69) is 20.7 Å². The summed E-state index contributed by atoms with van der Waals surface area (Å²) >= 11 is 4.42. The van der Waals surface area contributed by atoms with Crippen molar-refractivity contribution in [2.75, 3.05) is 0 Å². The Bertz CT molecular complexity index is 607. The van der Waals surface area contributed by atoms with Crippen molar-refractivity contribution >= 4 is 33.0 Å². The first-order valence-corrected chi connectivity index (χ1v) is 6.67. The van der Waals surface area contributed by atoms with Crippen molar-refractivity contribution < 1.29 is 22.7 Å². The van der Waals surface area contributed by atoms with Gasteiger partial charge in [-0.25, -0.2) is 0 Å². The maximum Gasteiger partial charge on any atom is 0.573 e. The minimum Gasteiger partial charge on any atom is -0.406 e. The molecule has 0 aliphatic rings. The van der Waals surface area contributed by atoms with Gasteiger partial charge in [0.05, 0.1) is 4.88 Å². The zero-order valence-corrected chi connectivity index (χ0v) is 11.6. The quantitative estimate of drug-likeness (QED) is 0.753. The second-order valence-electron chi connectivity index (χ2n) is 3.53. The molecule has 2 rings (SSSR count). The number of benzene rings is 1. The SMILES string of the molecule is O=C(c1cccc(OC(F)(F)F)c1)c1cc(Br)cs1. The van der Waals surface area contributed by atoms with Crippen LogP contribution in [-0.4, -0.2) is 12.1 Å². The molecule has 0 N–H and O–H groups in total. The van der Waals surface area contributed by atoms with E-state index in [0.717, 1.165) is 16.6 Å². The van der Waals surface area contributed by atoms with Crippen molar-refractivity contribution in [1.29, 1.82) is 0 Å². The van der Waals surface area contributed by atoms with Gasteiger partial charge in [0.1, 0.15) is 5.75 Å². The van der Waals surface area contributed by atoms with E-state index in [-0.39, 0.29) is 11.3 Å². The van der Waals surface area contributed by atoms with E-state index in [1.54, 1.807) is 11.4 Å². The molecule has 0 amide bonds. The molecule has 0 saturated carbocycles. The fourth-order valence-corrected chi connectivity index (χ4v) is 2.80. The molecule has 0 fully saturated rings. The number of hydrogen-bond acceptors (Lipinski definition) is 3. The van der Waals surface area contributed by atoms with Gasteiger partial charge in [-0.05, 0) is 34.1 Å². The van der Waals surface area contributed by atoms with Crippen molar-refractivity contribution in [3.05, 3.63) is 50.6 Å². The van der Waals surface area contributed by atoms with Gasteiger partial charge in [-0.3, -0.25) is 4.79 Å². The third kappa shape index (κ3) is 3.81. The summed E-state index contributed by atoms with van der Waals surface area (Å²) in [7, 11) is 0.